The number of anilines is 1. The van der Waals surface area contributed by atoms with Crippen LogP contribution in [-0.2, 0) is 4.79 Å². The van der Waals surface area contributed by atoms with E-state index in [1.807, 2.05) is 19.1 Å². The van der Waals surface area contributed by atoms with Crippen molar-refractivity contribution in [3.05, 3.63) is 30.7 Å². The summed E-state index contributed by atoms with van der Waals surface area (Å²) < 4.78 is 0. The number of nitrogens with zero attached hydrogens (tertiary/aromatic N) is 3. The van der Waals surface area contributed by atoms with Crippen LogP contribution >= 0.6 is 0 Å². The first-order valence-electron chi connectivity index (χ1n) is 6.71. The van der Waals surface area contributed by atoms with Crippen LogP contribution in [0.2, 0.25) is 0 Å². The summed E-state index contributed by atoms with van der Waals surface area (Å²) >= 11 is 0. The molecule has 1 aliphatic rings. The zero-order valence-electron chi connectivity index (χ0n) is 11.2. The van der Waals surface area contributed by atoms with Crippen LogP contribution in [0.3, 0.4) is 0 Å². The maximum atomic E-state index is 11.7. The monoisotopic (exact) mass is 260 g/mol. The Morgan fingerprint density at radius 2 is 2.47 bits per heavy atom. The Hall–Kier alpha value is -1.91. The zero-order valence-corrected chi connectivity index (χ0v) is 11.2. The second kappa shape index (κ2) is 6.87. The van der Waals surface area contributed by atoms with E-state index >= 15 is 0 Å². The van der Waals surface area contributed by atoms with Gasteiger partial charge < -0.3 is 10.2 Å². The maximum Gasteiger partial charge on any atom is 0.224 e. The maximum absolute atomic E-state index is 11.7. The molecule has 1 atom stereocenters. The van der Waals surface area contributed by atoms with Gasteiger partial charge in [-0.05, 0) is 19.8 Å². The molecule has 0 spiro atoms. The fourth-order valence-electron chi connectivity index (χ4n) is 2.27. The van der Waals surface area contributed by atoms with Crippen molar-refractivity contribution < 1.29 is 4.79 Å². The molecule has 19 heavy (non-hydrogen) atoms. The van der Waals surface area contributed by atoms with E-state index in [0.717, 1.165) is 31.7 Å². The third-order valence-electron chi connectivity index (χ3n) is 3.20. The molecule has 0 bridgehead atoms. The smallest absolute Gasteiger partial charge is 0.224 e. The van der Waals surface area contributed by atoms with Crippen molar-refractivity contribution in [2.24, 2.45) is 0 Å². The Morgan fingerprint density at radius 1 is 1.58 bits per heavy atom. The predicted molar refractivity (Wildman–Crippen MR) is 74.8 cm³/mol. The minimum Gasteiger partial charge on any atom is -0.353 e. The number of carbonyl (C=O) groups excluding carboxylic acids is 1. The van der Waals surface area contributed by atoms with E-state index < -0.39 is 0 Å². The molecule has 1 aromatic heterocycles. The van der Waals surface area contributed by atoms with Crippen molar-refractivity contribution in [3.8, 4) is 0 Å². The molecule has 0 aliphatic carbocycles. The number of amides is 1. The highest BCUT2D eigenvalue weighted by molar-refractivity contribution is 5.77. The van der Waals surface area contributed by atoms with Crippen molar-refractivity contribution in [2.45, 2.75) is 32.2 Å². The predicted octanol–water partition coefficient (Wildman–Crippen LogP) is 1.53. The Bertz CT molecular complexity index is 432. The van der Waals surface area contributed by atoms with Crippen LogP contribution in [0.4, 0.5) is 5.82 Å². The largest absolute Gasteiger partial charge is 0.353 e. The van der Waals surface area contributed by atoms with Crippen LogP contribution in [0.1, 0.15) is 26.2 Å². The highest BCUT2D eigenvalue weighted by atomic mass is 16.1. The number of allylic oxidation sites excluding steroid dienone is 1. The van der Waals surface area contributed by atoms with Crippen LogP contribution in [0, 0.1) is 0 Å². The fourth-order valence-corrected chi connectivity index (χ4v) is 2.27. The number of carbonyl (C=O) groups is 1. The lowest BCUT2D eigenvalue weighted by molar-refractivity contribution is -0.121. The van der Waals surface area contributed by atoms with Crippen molar-refractivity contribution in [1.82, 2.24) is 15.3 Å². The molecule has 1 aliphatic heterocycles. The fraction of sp³-hybridized carbons (Fsp3) is 0.500. The molecule has 0 radical (unpaired) electrons. The molecule has 102 valence electrons. The van der Waals surface area contributed by atoms with Gasteiger partial charge in [-0.1, -0.05) is 12.2 Å². The normalized spacial score (nSPS) is 19.6. The number of hydrogen-bond acceptors (Lipinski definition) is 4. The van der Waals surface area contributed by atoms with Crippen LogP contribution in [0.15, 0.2) is 30.7 Å². The van der Waals surface area contributed by atoms with Gasteiger partial charge >= 0.3 is 0 Å². The molecule has 2 heterocycles. The molecule has 5 nitrogen and oxygen atoms in total. The van der Waals surface area contributed by atoms with Crippen molar-refractivity contribution in [2.75, 3.05) is 18.0 Å². The Kier molecular flexibility index (Phi) is 4.89. The number of piperidine rings is 1. The summed E-state index contributed by atoms with van der Waals surface area (Å²) in [7, 11) is 0. The lowest BCUT2D eigenvalue weighted by atomic mass is 10.1. The second-order valence-electron chi connectivity index (χ2n) is 4.69. The van der Waals surface area contributed by atoms with Gasteiger partial charge in [0.2, 0.25) is 5.91 Å². The van der Waals surface area contributed by atoms with E-state index in [4.69, 9.17) is 0 Å². The summed E-state index contributed by atoms with van der Waals surface area (Å²) in [6.45, 7) is 3.70. The summed E-state index contributed by atoms with van der Waals surface area (Å²) in [4.78, 5) is 22.3. The highest BCUT2D eigenvalue weighted by Crippen LogP contribution is 2.16. The lowest BCUT2D eigenvalue weighted by Gasteiger charge is -2.33. The molecule has 1 fully saturated rings. The molecule has 1 amide bonds. The molecular formula is C14H20N4O. The number of hydrogen-bond donors (Lipinski definition) is 1. The van der Waals surface area contributed by atoms with Gasteiger partial charge in [-0.15, -0.1) is 0 Å². The second-order valence-corrected chi connectivity index (χ2v) is 4.69. The van der Waals surface area contributed by atoms with Crippen LogP contribution in [-0.4, -0.2) is 35.0 Å². The van der Waals surface area contributed by atoms with Gasteiger partial charge in [0.15, 0.2) is 0 Å². The first kappa shape index (κ1) is 13.5. The first-order chi connectivity index (χ1) is 9.29. The molecule has 1 saturated heterocycles. The lowest BCUT2D eigenvalue weighted by Crippen LogP contribution is -2.48. The molecule has 5 heteroatoms. The Labute approximate surface area is 113 Å². The third kappa shape index (κ3) is 4.05. The SMILES string of the molecule is C/C=C/CC(=O)NC1CCCN(c2cnccn2)C1. The van der Waals surface area contributed by atoms with E-state index in [2.05, 4.69) is 20.2 Å². The topological polar surface area (TPSA) is 58.1 Å². The van der Waals surface area contributed by atoms with Crippen molar-refractivity contribution in [1.29, 1.82) is 0 Å². The number of aromatic nitrogens is 2. The standard InChI is InChI=1S/C14H20N4O/c1-2-3-6-14(19)17-12-5-4-9-18(11-12)13-10-15-7-8-16-13/h2-3,7-8,10,12H,4-6,9,11H2,1H3,(H,17,19)/b3-2+. The van der Waals surface area contributed by atoms with E-state index in [1.165, 1.54) is 0 Å². The van der Waals surface area contributed by atoms with Crippen molar-refractivity contribution >= 4 is 11.7 Å². The quantitative estimate of drug-likeness (QED) is 0.834. The number of nitrogens with one attached hydrogen (secondary N) is 1. The van der Waals surface area contributed by atoms with Crippen LogP contribution < -0.4 is 10.2 Å². The summed E-state index contributed by atoms with van der Waals surface area (Å²) in [5, 5.41) is 3.07. The van der Waals surface area contributed by atoms with E-state index in [-0.39, 0.29) is 11.9 Å². The van der Waals surface area contributed by atoms with Crippen LogP contribution in [0.25, 0.3) is 0 Å². The minimum atomic E-state index is 0.0871. The van der Waals surface area contributed by atoms with Gasteiger partial charge in [0, 0.05) is 37.9 Å². The Balaban J connectivity index is 1.89. The van der Waals surface area contributed by atoms with Gasteiger partial charge in [-0.25, -0.2) is 4.98 Å². The van der Waals surface area contributed by atoms with E-state index in [1.54, 1.807) is 18.6 Å². The minimum absolute atomic E-state index is 0.0871. The third-order valence-corrected chi connectivity index (χ3v) is 3.20. The molecule has 1 unspecified atom stereocenters. The summed E-state index contributed by atoms with van der Waals surface area (Å²) in [5.41, 5.74) is 0. The Morgan fingerprint density at radius 3 is 3.21 bits per heavy atom. The summed E-state index contributed by atoms with van der Waals surface area (Å²) in [6.07, 6.45) is 11.4. The van der Waals surface area contributed by atoms with E-state index in [0.29, 0.717) is 6.42 Å². The number of rotatable bonds is 4. The van der Waals surface area contributed by atoms with Crippen molar-refractivity contribution in [3.63, 3.8) is 0 Å². The van der Waals surface area contributed by atoms with Gasteiger partial charge in [0.1, 0.15) is 5.82 Å². The zero-order chi connectivity index (χ0) is 13.5. The van der Waals surface area contributed by atoms with Gasteiger partial charge in [0.05, 0.1) is 6.20 Å². The highest BCUT2D eigenvalue weighted by Gasteiger charge is 2.21. The van der Waals surface area contributed by atoms with Gasteiger partial charge in [-0.3, -0.25) is 9.78 Å². The molecule has 2 rings (SSSR count). The molecule has 0 aromatic carbocycles. The average molecular weight is 260 g/mol. The molecular weight excluding hydrogens is 240 g/mol. The average Bonchev–Trinajstić information content (AvgIpc) is 2.46. The van der Waals surface area contributed by atoms with Crippen LogP contribution in [0.5, 0.6) is 0 Å². The molecule has 1 N–H and O–H groups in total. The summed E-state index contributed by atoms with van der Waals surface area (Å²) in [6, 6.07) is 0.202. The van der Waals surface area contributed by atoms with E-state index in [9.17, 15) is 4.79 Å². The first-order valence-corrected chi connectivity index (χ1v) is 6.71. The summed E-state index contributed by atoms with van der Waals surface area (Å²) in [5.74, 6) is 0.971. The van der Waals surface area contributed by atoms with Gasteiger partial charge in [0.25, 0.3) is 0 Å². The molecule has 1 aromatic rings. The van der Waals surface area contributed by atoms with Gasteiger partial charge in [-0.2, -0.15) is 0 Å². The molecule has 0 saturated carbocycles.